The van der Waals surface area contributed by atoms with Gasteiger partial charge in [0, 0.05) is 24.9 Å². The summed E-state index contributed by atoms with van der Waals surface area (Å²) >= 11 is 0. The Bertz CT molecular complexity index is 585. The fourth-order valence-corrected chi connectivity index (χ4v) is 4.36. The smallest absolute Gasteiger partial charge is 0.244 e. The number of hydrogen-bond donors (Lipinski definition) is 3. The number of rotatable bonds is 3. The lowest BCUT2D eigenvalue weighted by molar-refractivity contribution is -0.125. The third-order valence-corrected chi connectivity index (χ3v) is 5.85. The lowest BCUT2D eigenvalue weighted by atomic mass is 9.71. The van der Waals surface area contributed by atoms with E-state index in [1.54, 1.807) is 4.68 Å². The summed E-state index contributed by atoms with van der Waals surface area (Å²) in [6.07, 6.45) is 6.94. The van der Waals surface area contributed by atoms with Crippen LogP contribution in [0.3, 0.4) is 0 Å². The van der Waals surface area contributed by atoms with Gasteiger partial charge < -0.3 is 10.6 Å². The van der Waals surface area contributed by atoms with Crippen LogP contribution in [0.1, 0.15) is 50.3 Å². The number of carbonyl (C=O) groups is 1. The van der Waals surface area contributed by atoms with Crippen molar-refractivity contribution in [3.05, 3.63) is 5.82 Å². The maximum Gasteiger partial charge on any atom is 0.244 e. The van der Waals surface area contributed by atoms with Crippen LogP contribution in [0.5, 0.6) is 0 Å². The van der Waals surface area contributed by atoms with Crippen LogP contribution in [0.15, 0.2) is 0 Å². The zero-order valence-electron chi connectivity index (χ0n) is 13.8. The molecule has 7 nitrogen and oxygen atoms in total. The van der Waals surface area contributed by atoms with Crippen molar-refractivity contribution in [2.45, 2.75) is 50.5 Å². The molecule has 0 bridgehead atoms. The predicted octanol–water partition coefficient (Wildman–Crippen LogP) is 0.753. The van der Waals surface area contributed by atoms with Gasteiger partial charge in [-0.15, -0.1) is 0 Å². The summed E-state index contributed by atoms with van der Waals surface area (Å²) in [4.78, 5) is 17.2. The number of aromatic nitrogens is 3. The first-order valence-corrected chi connectivity index (χ1v) is 8.84. The largest absolute Gasteiger partial charge is 0.317 e. The van der Waals surface area contributed by atoms with Crippen LogP contribution in [-0.2, 0) is 11.8 Å². The lowest BCUT2D eigenvalue weighted by Crippen LogP contribution is -2.66. The molecule has 3 N–H and O–H groups in total. The number of aryl methyl sites for hydroxylation is 1. The second-order valence-electron chi connectivity index (χ2n) is 7.31. The molecule has 1 aromatic rings. The van der Waals surface area contributed by atoms with E-state index in [9.17, 15) is 4.79 Å². The third kappa shape index (κ3) is 2.65. The molecule has 1 atom stereocenters. The molecule has 0 aromatic carbocycles. The van der Waals surface area contributed by atoms with Crippen molar-refractivity contribution in [3.8, 4) is 0 Å². The summed E-state index contributed by atoms with van der Waals surface area (Å²) in [5.41, 5.74) is 0.195. The number of nitrogens with zero attached hydrogens (tertiary/aromatic N) is 3. The van der Waals surface area contributed by atoms with Gasteiger partial charge in [0.2, 0.25) is 11.9 Å². The van der Waals surface area contributed by atoms with E-state index in [0.717, 1.165) is 51.1 Å². The molecule has 0 radical (unpaired) electrons. The first-order chi connectivity index (χ1) is 11.2. The van der Waals surface area contributed by atoms with Gasteiger partial charge in [-0.1, -0.05) is 12.8 Å². The summed E-state index contributed by atoms with van der Waals surface area (Å²) in [6, 6.07) is -0.0657. The molecule has 3 aliphatic rings. The zero-order valence-corrected chi connectivity index (χ0v) is 13.8. The Kier molecular flexibility index (Phi) is 3.85. The number of amides is 1. The molecule has 1 aliphatic carbocycles. The van der Waals surface area contributed by atoms with E-state index in [4.69, 9.17) is 0 Å². The van der Waals surface area contributed by atoms with Crippen LogP contribution < -0.4 is 16.0 Å². The fourth-order valence-electron chi connectivity index (χ4n) is 4.36. The Balaban J connectivity index is 1.44. The van der Waals surface area contributed by atoms with Gasteiger partial charge in [-0.05, 0) is 38.8 Å². The van der Waals surface area contributed by atoms with Crippen LogP contribution in [0, 0.1) is 5.41 Å². The molecule has 3 heterocycles. The maximum absolute atomic E-state index is 12.6. The normalized spacial score (nSPS) is 27.1. The summed E-state index contributed by atoms with van der Waals surface area (Å²) < 4.78 is 1.70. The molecule has 7 heteroatoms. The zero-order chi connectivity index (χ0) is 15.9. The third-order valence-electron chi connectivity index (χ3n) is 5.85. The second-order valence-corrected chi connectivity index (χ2v) is 7.31. The Hall–Kier alpha value is -1.47. The minimum absolute atomic E-state index is 0.0468. The van der Waals surface area contributed by atoms with Crippen molar-refractivity contribution in [2.75, 3.05) is 25.0 Å². The van der Waals surface area contributed by atoms with Crippen molar-refractivity contribution < 1.29 is 4.79 Å². The number of nitrogens with one attached hydrogen (secondary N) is 3. The highest BCUT2D eigenvalue weighted by Gasteiger charge is 2.51. The van der Waals surface area contributed by atoms with Crippen molar-refractivity contribution in [1.82, 2.24) is 25.4 Å². The van der Waals surface area contributed by atoms with Gasteiger partial charge in [-0.3, -0.25) is 10.1 Å². The maximum atomic E-state index is 12.6. The van der Waals surface area contributed by atoms with Crippen LogP contribution in [-0.4, -0.2) is 46.3 Å². The minimum atomic E-state index is -0.0657. The van der Waals surface area contributed by atoms with Gasteiger partial charge in [-0.25, -0.2) is 4.68 Å². The SMILES string of the molecule is Cn1nc(C2CCNCC2)nc1NC(=O)C1NCC12CCCC2. The standard InChI is InChI=1S/C16H26N6O/c1-22-15(19-13(21-22)11-4-8-17-9-5-11)20-14(23)12-16(10-18-12)6-2-3-7-16/h11-12,17-18H,2-10H2,1H3,(H,19,20,21,23). The number of piperidine rings is 1. The van der Waals surface area contributed by atoms with Crippen molar-refractivity contribution in [2.24, 2.45) is 12.5 Å². The van der Waals surface area contributed by atoms with E-state index in [-0.39, 0.29) is 17.4 Å². The van der Waals surface area contributed by atoms with E-state index < -0.39 is 0 Å². The van der Waals surface area contributed by atoms with Gasteiger partial charge in [0.25, 0.3) is 0 Å². The van der Waals surface area contributed by atoms with Gasteiger partial charge >= 0.3 is 0 Å². The topological polar surface area (TPSA) is 83.9 Å². The number of anilines is 1. The van der Waals surface area contributed by atoms with Crippen molar-refractivity contribution in [1.29, 1.82) is 0 Å². The molecule has 23 heavy (non-hydrogen) atoms. The predicted molar refractivity (Wildman–Crippen MR) is 87.2 cm³/mol. The van der Waals surface area contributed by atoms with Gasteiger partial charge in [0.15, 0.2) is 5.82 Å². The quantitative estimate of drug-likeness (QED) is 0.766. The Morgan fingerprint density at radius 1 is 1.30 bits per heavy atom. The van der Waals surface area contributed by atoms with E-state index in [0.29, 0.717) is 11.9 Å². The number of carbonyl (C=O) groups excluding carboxylic acids is 1. The molecule has 1 saturated carbocycles. The lowest BCUT2D eigenvalue weighted by Gasteiger charge is -2.47. The fraction of sp³-hybridized carbons (Fsp3) is 0.812. The molecule has 4 rings (SSSR count). The first-order valence-electron chi connectivity index (χ1n) is 8.84. The summed E-state index contributed by atoms with van der Waals surface area (Å²) in [5, 5.41) is 14.2. The summed E-state index contributed by atoms with van der Waals surface area (Å²) in [7, 11) is 1.85. The molecule has 2 saturated heterocycles. The minimum Gasteiger partial charge on any atom is -0.317 e. The highest BCUT2D eigenvalue weighted by molar-refractivity contribution is 5.95. The molecule has 126 valence electrons. The van der Waals surface area contributed by atoms with Crippen LogP contribution in [0.2, 0.25) is 0 Å². The Morgan fingerprint density at radius 2 is 2.04 bits per heavy atom. The molecule has 1 spiro atoms. The Morgan fingerprint density at radius 3 is 2.70 bits per heavy atom. The van der Waals surface area contributed by atoms with Crippen LogP contribution in [0.4, 0.5) is 5.95 Å². The average molecular weight is 318 g/mol. The summed E-state index contributed by atoms with van der Waals surface area (Å²) in [6.45, 7) is 3.00. The number of hydrogen-bond acceptors (Lipinski definition) is 5. The molecule has 1 aromatic heterocycles. The van der Waals surface area contributed by atoms with Crippen LogP contribution >= 0.6 is 0 Å². The van der Waals surface area contributed by atoms with E-state index in [1.165, 1.54) is 12.8 Å². The molecular formula is C16H26N6O. The average Bonchev–Trinajstić information content (AvgIpc) is 3.16. The van der Waals surface area contributed by atoms with E-state index >= 15 is 0 Å². The molecule has 1 amide bonds. The van der Waals surface area contributed by atoms with Gasteiger partial charge in [-0.2, -0.15) is 10.1 Å². The summed E-state index contributed by atoms with van der Waals surface area (Å²) in [5.74, 6) is 1.88. The molecular weight excluding hydrogens is 292 g/mol. The van der Waals surface area contributed by atoms with E-state index in [2.05, 4.69) is 26.0 Å². The van der Waals surface area contributed by atoms with Gasteiger partial charge in [0.05, 0.1) is 6.04 Å². The molecule has 1 unspecified atom stereocenters. The highest BCUT2D eigenvalue weighted by atomic mass is 16.2. The Labute approximate surface area is 136 Å². The highest BCUT2D eigenvalue weighted by Crippen LogP contribution is 2.45. The second kappa shape index (κ2) is 5.87. The van der Waals surface area contributed by atoms with Crippen LogP contribution in [0.25, 0.3) is 0 Å². The molecule has 3 fully saturated rings. The van der Waals surface area contributed by atoms with Crippen molar-refractivity contribution in [3.63, 3.8) is 0 Å². The van der Waals surface area contributed by atoms with Crippen molar-refractivity contribution >= 4 is 11.9 Å². The first kappa shape index (κ1) is 15.1. The monoisotopic (exact) mass is 318 g/mol. The van der Waals surface area contributed by atoms with Gasteiger partial charge in [0.1, 0.15) is 0 Å². The molecule has 2 aliphatic heterocycles. The van der Waals surface area contributed by atoms with E-state index in [1.807, 2.05) is 7.05 Å².